The molecule has 1 aromatic rings. The summed E-state index contributed by atoms with van der Waals surface area (Å²) in [6.45, 7) is 2.93. The van der Waals surface area contributed by atoms with Crippen LogP contribution in [0.5, 0.6) is 5.75 Å². The van der Waals surface area contributed by atoms with Crippen LogP contribution < -0.4 is 10.5 Å². The van der Waals surface area contributed by atoms with Gasteiger partial charge in [-0.3, -0.25) is 0 Å². The number of halogens is 2. The molecule has 22 heavy (non-hydrogen) atoms. The van der Waals surface area contributed by atoms with E-state index < -0.39 is 10.0 Å². The standard InChI is InChI=1S/C14H21BrN2O3S.ClH/c1-10-4-3-7-17(13(10)9-16)21(18,19)11-5-6-14(20-2)12(15)8-11;/h5-6,8,10,13H,3-4,7,9,16H2,1-2H3;1H. The molecular weight excluding hydrogens is 392 g/mol. The Bertz CT molecular complexity index is 612. The monoisotopic (exact) mass is 412 g/mol. The Kier molecular flexibility index (Phi) is 7.14. The predicted octanol–water partition coefficient (Wildman–Crippen LogP) is 2.63. The van der Waals surface area contributed by atoms with E-state index in [0.29, 0.717) is 23.3 Å². The Labute approximate surface area is 146 Å². The molecule has 1 fully saturated rings. The van der Waals surface area contributed by atoms with Gasteiger partial charge in [0.05, 0.1) is 16.5 Å². The number of sulfonamides is 1. The SMILES string of the molecule is COc1ccc(S(=O)(=O)N2CCCC(C)C2CN)cc1Br.Cl. The molecule has 1 heterocycles. The molecule has 126 valence electrons. The zero-order chi connectivity index (χ0) is 15.6. The predicted molar refractivity (Wildman–Crippen MR) is 93.1 cm³/mol. The lowest BCUT2D eigenvalue weighted by Crippen LogP contribution is -2.51. The topological polar surface area (TPSA) is 72.6 Å². The van der Waals surface area contributed by atoms with Crippen LogP contribution in [0, 0.1) is 5.92 Å². The average Bonchev–Trinajstić information content (AvgIpc) is 2.46. The van der Waals surface area contributed by atoms with E-state index in [2.05, 4.69) is 22.9 Å². The first-order chi connectivity index (χ1) is 9.91. The second-order valence-electron chi connectivity index (χ2n) is 5.33. The van der Waals surface area contributed by atoms with Gasteiger partial charge in [-0.2, -0.15) is 4.31 Å². The van der Waals surface area contributed by atoms with Gasteiger partial charge in [0.2, 0.25) is 10.0 Å². The molecule has 8 heteroatoms. The lowest BCUT2D eigenvalue weighted by atomic mass is 9.93. The minimum absolute atomic E-state index is 0. The van der Waals surface area contributed by atoms with E-state index in [1.165, 1.54) is 0 Å². The van der Waals surface area contributed by atoms with E-state index in [1.54, 1.807) is 29.6 Å². The Morgan fingerprint density at radius 3 is 2.68 bits per heavy atom. The van der Waals surface area contributed by atoms with Gasteiger partial charge in [0, 0.05) is 19.1 Å². The van der Waals surface area contributed by atoms with E-state index in [9.17, 15) is 8.42 Å². The van der Waals surface area contributed by atoms with Gasteiger partial charge < -0.3 is 10.5 Å². The molecular formula is C14H22BrClN2O3S. The summed E-state index contributed by atoms with van der Waals surface area (Å²) in [6, 6.07) is 4.68. The van der Waals surface area contributed by atoms with Crippen molar-refractivity contribution in [1.29, 1.82) is 0 Å². The molecule has 2 rings (SSSR count). The highest BCUT2D eigenvalue weighted by molar-refractivity contribution is 9.10. The quantitative estimate of drug-likeness (QED) is 0.823. The van der Waals surface area contributed by atoms with Crippen molar-refractivity contribution in [1.82, 2.24) is 4.31 Å². The summed E-state index contributed by atoms with van der Waals surface area (Å²) in [5.74, 6) is 0.886. The van der Waals surface area contributed by atoms with Gasteiger partial charge in [-0.05, 0) is 52.9 Å². The van der Waals surface area contributed by atoms with Gasteiger partial charge in [0.25, 0.3) is 0 Å². The molecule has 0 amide bonds. The van der Waals surface area contributed by atoms with E-state index in [-0.39, 0.29) is 29.3 Å². The number of piperidine rings is 1. The lowest BCUT2D eigenvalue weighted by molar-refractivity contribution is 0.192. The minimum atomic E-state index is -3.54. The van der Waals surface area contributed by atoms with Gasteiger partial charge in [-0.25, -0.2) is 8.42 Å². The molecule has 2 unspecified atom stereocenters. The van der Waals surface area contributed by atoms with Crippen molar-refractivity contribution in [2.45, 2.75) is 30.7 Å². The van der Waals surface area contributed by atoms with Gasteiger partial charge in [-0.15, -0.1) is 12.4 Å². The number of ether oxygens (including phenoxy) is 1. The fraction of sp³-hybridized carbons (Fsp3) is 0.571. The number of hydrogen-bond donors (Lipinski definition) is 1. The van der Waals surface area contributed by atoms with E-state index >= 15 is 0 Å². The van der Waals surface area contributed by atoms with E-state index in [1.807, 2.05) is 0 Å². The summed E-state index contributed by atoms with van der Waals surface area (Å²) in [6.07, 6.45) is 1.88. The molecule has 1 aliphatic heterocycles. The van der Waals surface area contributed by atoms with Gasteiger partial charge >= 0.3 is 0 Å². The summed E-state index contributed by atoms with van der Waals surface area (Å²) < 4.78 is 33.0. The van der Waals surface area contributed by atoms with Crippen LogP contribution in [0.25, 0.3) is 0 Å². The molecule has 1 saturated heterocycles. The molecule has 5 nitrogen and oxygen atoms in total. The largest absolute Gasteiger partial charge is 0.496 e. The molecule has 0 saturated carbocycles. The Balaban J connectivity index is 0.00000242. The number of nitrogens with zero attached hydrogens (tertiary/aromatic N) is 1. The van der Waals surface area contributed by atoms with Gasteiger partial charge in [0.15, 0.2) is 0 Å². The molecule has 0 aromatic heterocycles. The number of methoxy groups -OCH3 is 1. The highest BCUT2D eigenvalue weighted by atomic mass is 79.9. The maximum atomic E-state index is 12.9. The maximum Gasteiger partial charge on any atom is 0.243 e. The molecule has 0 radical (unpaired) electrons. The van der Waals surface area contributed by atoms with Crippen LogP contribution in [-0.2, 0) is 10.0 Å². The van der Waals surface area contributed by atoms with Crippen LogP contribution >= 0.6 is 28.3 Å². The second-order valence-corrected chi connectivity index (χ2v) is 8.08. The third-order valence-electron chi connectivity index (χ3n) is 4.04. The molecule has 1 aliphatic rings. The summed E-state index contributed by atoms with van der Waals surface area (Å²) in [5.41, 5.74) is 5.80. The summed E-state index contributed by atoms with van der Waals surface area (Å²) in [4.78, 5) is 0.266. The van der Waals surface area contributed by atoms with Crippen LogP contribution in [0.3, 0.4) is 0 Å². The van der Waals surface area contributed by atoms with Crippen molar-refractivity contribution in [3.63, 3.8) is 0 Å². The van der Waals surface area contributed by atoms with Crippen molar-refractivity contribution in [2.75, 3.05) is 20.2 Å². The van der Waals surface area contributed by atoms with Crippen LogP contribution in [0.15, 0.2) is 27.6 Å². The van der Waals surface area contributed by atoms with Crippen molar-refractivity contribution in [3.05, 3.63) is 22.7 Å². The highest BCUT2D eigenvalue weighted by Gasteiger charge is 2.36. The fourth-order valence-corrected chi connectivity index (χ4v) is 5.29. The average molecular weight is 414 g/mol. The molecule has 0 aliphatic carbocycles. The normalized spacial score (nSPS) is 22.9. The third kappa shape index (κ3) is 3.76. The number of rotatable bonds is 4. The van der Waals surface area contributed by atoms with Crippen molar-refractivity contribution < 1.29 is 13.2 Å². The van der Waals surface area contributed by atoms with Crippen molar-refractivity contribution in [2.24, 2.45) is 11.7 Å². The Hall–Kier alpha value is -0.340. The van der Waals surface area contributed by atoms with Crippen LogP contribution in [0.4, 0.5) is 0 Å². The number of nitrogens with two attached hydrogens (primary N) is 1. The van der Waals surface area contributed by atoms with E-state index in [4.69, 9.17) is 10.5 Å². The number of hydrogen-bond acceptors (Lipinski definition) is 4. The first-order valence-electron chi connectivity index (χ1n) is 6.97. The van der Waals surface area contributed by atoms with Gasteiger partial charge in [-0.1, -0.05) is 6.92 Å². The first-order valence-corrected chi connectivity index (χ1v) is 9.20. The Morgan fingerprint density at radius 1 is 1.45 bits per heavy atom. The van der Waals surface area contributed by atoms with E-state index in [0.717, 1.165) is 12.8 Å². The molecule has 0 spiro atoms. The summed E-state index contributed by atoms with van der Waals surface area (Å²) >= 11 is 3.34. The minimum Gasteiger partial charge on any atom is -0.496 e. The first kappa shape index (κ1) is 19.7. The smallest absolute Gasteiger partial charge is 0.243 e. The van der Waals surface area contributed by atoms with Crippen LogP contribution in [0.1, 0.15) is 19.8 Å². The third-order valence-corrected chi connectivity index (χ3v) is 6.58. The lowest BCUT2D eigenvalue weighted by Gasteiger charge is -2.38. The van der Waals surface area contributed by atoms with Crippen molar-refractivity contribution >= 4 is 38.4 Å². The molecule has 0 bridgehead atoms. The fourth-order valence-electron chi connectivity index (χ4n) is 2.80. The summed E-state index contributed by atoms with van der Waals surface area (Å²) in [5, 5.41) is 0. The highest BCUT2D eigenvalue weighted by Crippen LogP contribution is 2.32. The molecule has 2 atom stereocenters. The van der Waals surface area contributed by atoms with Crippen molar-refractivity contribution in [3.8, 4) is 5.75 Å². The van der Waals surface area contributed by atoms with Gasteiger partial charge in [0.1, 0.15) is 5.75 Å². The molecule has 2 N–H and O–H groups in total. The van der Waals surface area contributed by atoms with Crippen LogP contribution in [0.2, 0.25) is 0 Å². The second kappa shape index (κ2) is 7.97. The Morgan fingerprint density at radius 2 is 2.14 bits per heavy atom. The zero-order valence-corrected chi connectivity index (χ0v) is 15.9. The van der Waals surface area contributed by atoms with Crippen LogP contribution in [-0.4, -0.2) is 39.0 Å². The summed E-state index contributed by atoms with van der Waals surface area (Å²) in [7, 11) is -1.99. The molecule has 1 aromatic carbocycles. The zero-order valence-electron chi connectivity index (χ0n) is 12.7. The number of benzene rings is 1. The maximum absolute atomic E-state index is 12.9.